The van der Waals surface area contributed by atoms with Crippen molar-refractivity contribution in [2.24, 2.45) is 0 Å². The van der Waals surface area contributed by atoms with Crippen LogP contribution in [-0.2, 0) is 21.1 Å². The summed E-state index contributed by atoms with van der Waals surface area (Å²) in [5.41, 5.74) is 0.831. The molecule has 7 heteroatoms. The first-order valence-corrected chi connectivity index (χ1v) is 11.1. The first kappa shape index (κ1) is 18.1. The third kappa shape index (κ3) is 2.95. The number of nitrogens with one attached hydrogen (secondary N) is 1. The monoisotopic (exact) mass is 400 g/mol. The Morgan fingerprint density at radius 1 is 1.11 bits per heavy atom. The van der Waals surface area contributed by atoms with Crippen molar-refractivity contribution in [3.05, 3.63) is 71.8 Å². The van der Waals surface area contributed by atoms with Crippen molar-refractivity contribution < 1.29 is 13.2 Å². The van der Waals surface area contributed by atoms with Crippen molar-refractivity contribution in [2.45, 2.75) is 29.7 Å². The molecule has 0 radical (unpaired) electrons. The zero-order chi connectivity index (χ0) is 19.2. The molecule has 5 nitrogen and oxygen atoms in total. The molecule has 2 saturated heterocycles. The average Bonchev–Trinajstić information content (AvgIpc) is 3.10. The number of carbonyl (C=O) groups is 1. The van der Waals surface area contributed by atoms with Gasteiger partial charge in [-0.15, -0.1) is 0 Å². The predicted molar refractivity (Wildman–Crippen MR) is 108 cm³/mol. The maximum absolute atomic E-state index is 13.0. The van der Waals surface area contributed by atoms with Gasteiger partial charge in [-0.25, -0.2) is 8.42 Å². The molecule has 2 aliphatic rings. The van der Waals surface area contributed by atoms with Gasteiger partial charge in [0.2, 0.25) is 0 Å². The zero-order valence-electron chi connectivity index (χ0n) is 14.8. The second-order valence-electron chi connectivity index (χ2n) is 7.25. The summed E-state index contributed by atoms with van der Waals surface area (Å²) < 4.78 is 25.3. The number of carbonyl (C=O) groups excluding carboxylic acids is 1. The quantitative estimate of drug-likeness (QED) is 0.798. The van der Waals surface area contributed by atoms with Crippen LogP contribution in [0.4, 0.5) is 0 Å². The van der Waals surface area contributed by atoms with E-state index in [9.17, 15) is 13.2 Å². The summed E-state index contributed by atoms with van der Waals surface area (Å²) in [6, 6.07) is 18.6. The van der Waals surface area contributed by atoms with Gasteiger partial charge in [0.1, 0.15) is 5.54 Å². The van der Waals surface area contributed by atoms with E-state index in [1.807, 2.05) is 65.6 Å². The smallest absolute Gasteiger partial charge is 0.252 e. The molecular weight excluding hydrogens is 380 g/mol. The third-order valence-corrected chi connectivity index (χ3v) is 7.35. The average molecular weight is 401 g/mol. The molecule has 0 aliphatic carbocycles. The highest BCUT2D eigenvalue weighted by atomic mass is 32.2. The van der Waals surface area contributed by atoms with E-state index >= 15 is 0 Å². The van der Waals surface area contributed by atoms with E-state index in [2.05, 4.69) is 5.32 Å². The van der Waals surface area contributed by atoms with Gasteiger partial charge in [-0.1, -0.05) is 60.7 Å². The molecule has 2 aliphatic heterocycles. The fourth-order valence-corrected chi connectivity index (χ4v) is 6.05. The number of hydrogen-bond acceptors (Lipinski definition) is 4. The van der Waals surface area contributed by atoms with E-state index in [0.29, 0.717) is 11.5 Å². The maximum atomic E-state index is 13.0. The minimum Gasteiger partial charge on any atom is -0.325 e. The molecule has 3 atom stereocenters. The Bertz CT molecular complexity index is 992. The molecule has 0 bridgehead atoms. The number of amides is 1. The lowest BCUT2D eigenvalue weighted by atomic mass is 9.88. The molecule has 2 aromatic rings. The highest BCUT2D eigenvalue weighted by Crippen LogP contribution is 2.49. The van der Waals surface area contributed by atoms with Crippen LogP contribution in [0, 0.1) is 0 Å². The number of hydrogen-bond donors (Lipinski definition) is 1. The number of sulfone groups is 1. The third-order valence-electron chi connectivity index (χ3n) is 5.52. The lowest BCUT2D eigenvalue weighted by Crippen LogP contribution is -2.47. The zero-order valence-corrected chi connectivity index (χ0v) is 16.5. The van der Waals surface area contributed by atoms with Gasteiger partial charge in [-0.05, 0) is 29.8 Å². The van der Waals surface area contributed by atoms with E-state index in [4.69, 9.17) is 12.2 Å². The second-order valence-corrected chi connectivity index (χ2v) is 9.90. The van der Waals surface area contributed by atoms with Crippen LogP contribution in [0.15, 0.2) is 60.7 Å². The first-order chi connectivity index (χ1) is 12.8. The Morgan fingerprint density at radius 3 is 2.30 bits per heavy atom. The standard InChI is InChI=1S/C20H20N2O3S2/c1-27(24,25)16-13-20(12-14-8-4-2-5-9-14)18(23)21-19(26)22(20)17(16)15-10-6-3-7-11-15/h2-11,16-17H,12-13H2,1H3,(H,21,23,26)/t16?,17-,20+/m0/s1. The molecule has 4 rings (SSSR count). The summed E-state index contributed by atoms with van der Waals surface area (Å²) in [5.74, 6) is -0.219. The van der Waals surface area contributed by atoms with Crippen LogP contribution < -0.4 is 5.32 Å². The largest absolute Gasteiger partial charge is 0.325 e. The fourth-order valence-electron chi connectivity index (χ4n) is 4.34. The number of fused-ring (bicyclic) bond motifs is 1. The van der Waals surface area contributed by atoms with Gasteiger partial charge >= 0.3 is 0 Å². The van der Waals surface area contributed by atoms with Crippen molar-refractivity contribution >= 4 is 33.1 Å². The highest BCUT2D eigenvalue weighted by molar-refractivity contribution is 7.91. The summed E-state index contributed by atoms with van der Waals surface area (Å²) in [5, 5.41) is 2.38. The van der Waals surface area contributed by atoms with E-state index in [1.54, 1.807) is 0 Å². The first-order valence-electron chi connectivity index (χ1n) is 8.75. The summed E-state index contributed by atoms with van der Waals surface area (Å²) in [6.45, 7) is 0. The molecule has 0 spiro atoms. The molecular formula is C20H20N2O3S2. The summed E-state index contributed by atoms with van der Waals surface area (Å²) in [7, 11) is -3.40. The van der Waals surface area contributed by atoms with E-state index in [1.165, 1.54) is 6.26 Å². The lowest BCUT2D eigenvalue weighted by Gasteiger charge is -2.33. The summed E-state index contributed by atoms with van der Waals surface area (Å²) in [4.78, 5) is 14.8. The van der Waals surface area contributed by atoms with Crippen LogP contribution in [0.1, 0.15) is 23.6 Å². The second kappa shape index (κ2) is 6.42. The molecule has 1 unspecified atom stereocenters. The van der Waals surface area contributed by atoms with E-state index in [-0.39, 0.29) is 12.3 Å². The molecule has 1 N–H and O–H groups in total. The minimum absolute atomic E-state index is 0.215. The fraction of sp³-hybridized carbons (Fsp3) is 0.300. The van der Waals surface area contributed by atoms with E-state index in [0.717, 1.165) is 11.1 Å². The van der Waals surface area contributed by atoms with Crippen LogP contribution >= 0.6 is 12.2 Å². The van der Waals surface area contributed by atoms with E-state index < -0.39 is 26.7 Å². The molecule has 2 heterocycles. The van der Waals surface area contributed by atoms with Gasteiger partial charge in [0, 0.05) is 12.7 Å². The minimum atomic E-state index is -3.40. The number of benzene rings is 2. The van der Waals surface area contributed by atoms with Gasteiger partial charge < -0.3 is 10.2 Å². The Kier molecular flexibility index (Phi) is 4.31. The Morgan fingerprint density at radius 2 is 1.70 bits per heavy atom. The maximum Gasteiger partial charge on any atom is 0.252 e. The topological polar surface area (TPSA) is 66.5 Å². The van der Waals surface area contributed by atoms with Crippen LogP contribution in [0.2, 0.25) is 0 Å². The molecule has 1 amide bonds. The molecule has 0 aromatic heterocycles. The molecule has 27 heavy (non-hydrogen) atoms. The van der Waals surface area contributed by atoms with Crippen LogP contribution in [0.5, 0.6) is 0 Å². The van der Waals surface area contributed by atoms with Crippen LogP contribution in [0.25, 0.3) is 0 Å². The van der Waals surface area contributed by atoms with Crippen LogP contribution in [-0.4, -0.2) is 41.4 Å². The van der Waals surface area contributed by atoms with Crippen molar-refractivity contribution in [3.8, 4) is 0 Å². The molecule has 2 aromatic carbocycles. The van der Waals surface area contributed by atoms with Gasteiger partial charge in [-0.3, -0.25) is 4.79 Å². The predicted octanol–water partition coefficient (Wildman–Crippen LogP) is 2.24. The molecule has 0 saturated carbocycles. The number of nitrogens with zero attached hydrogens (tertiary/aromatic N) is 1. The Balaban J connectivity index is 1.87. The Hall–Kier alpha value is -2.25. The van der Waals surface area contributed by atoms with Gasteiger partial charge in [0.15, 0.2) is 14.9 Å². The molecule has 140 valence electrons. The summed E-state index contributed by atoms with van der Waals surface area (Å²) >= 11 is 5.47. The van der Waals surface area contributed by atoms with Crippen molar-refractivity contribution in [1.29, 1.82) is 0 Å². The molecule has 2 fully saturated rings. The van der Waals surface area contributed by atoms with Crippen molar-refractivity contribution in [3.63, 3.8) is 0 Å². The van der Waals surface area contributed by atoms with Crippen LogP contribution in [0.3, 0.4) is 0 Å². The van der Waals surface area contributed by atoms with Gasteiger partial charge in [-0.2, -0.15) is 0 Å². The van der Waals surface area contributed by atoms with Crippen molar-refractivity contribution in [1.82, 2.24) is 10.2 Å². The van der Waals surface area contributed by atoms with Crippen molar-refractivity contribution in [2.75, 3.05) is 6.26 Å². The van der Waals surface area contributed by atoms with Gasteiger partial charge in [0.25, 0.3) is 5.91 Å². The highest BCUT2D eigenvalue weighted by Gasteiger charge is 2.63. The SMILES string of the molecule is CS(=O)(=O)C1C[C@]2(Cc3ccccc3)C(=O)NC(=S)N2[C@H]1c1ccccc1. The normalized spacial score (nSPS) is 27.5. The Labute approximate surface area is 164 Å². The number of rotatable bonds is 4. The lowest BCUT2D eigenvalue weighted by molar-refractivity contribution is -0.126. The van der Waals surface area contributed by atoms with Gasteiger partial charge in [0.05, 0.1) is 11.3 Å². The summed E-state index contributed by atoms with van der Waals surface area (Å²) in [6.07, 6.45) is 1.87. The number of thiocarbonyl (C=S) groups is 1.